The van der Waals surface area contributed by atoms with Crippen LogP contribution in [0.1, 0.15) is 56.7 Å². The van der Waals surface area contributed by atoms with E-state index >= 15 is 0 Å². The largest absolute Gasteiger partial charge is 0.492 e. The summed E-state index contributed by atoms with van der Waals surface area (Å²) in [6.07, 6.45) is -15.5. The summed E-state index contributed by atoms with van der Waals surface area (Å²) < 4.78 is 226. The highest BCUT2D eigenvalue weighted by atomic mass is 32.2. The number of aromatic nitrogens is 3. The number of rotatable bonds is 27. The van der Waals surface area contributed by atoms with Gasteiger partial charge in [0.05, 0.1) is 36.9 Å². The summed E-state index contributed by atoms with van der Waals surface area (Å²) in [5.41, 5.74) is -10.8. The van der Waals surface area contributed by atoms with E-state index in [0.717, 1.165) is 72.8 Å². The van der Waals surface area contributed by atoms with E-state index in [1.54, 1.807) is 0 Å². The third kappa shape index (κ3) is 18.2. The smallest absolute Gasteiger partial charge is 0.437 e. The quantitative estimate of drug-likeness (QED) is 0.0407. The molecule has 0 amide bonds. The van der Waals surface area contributed by atoms with Crippen LogP contribution in [0, 0.1) is 0 Å². The summed E-state index contributed by atoms with van der Waals surface area (Å²) in [5, 5.41) is 8.38. The Hall–Kier alpha value is -6.90. The minimum absolute atomic E-state index is 0.0281. The Kier molecular flexibility index (Phi) is 20.7. The minimum atomic E-state index is -5.18. The average Bonchev–Trinajstić information content (AvgIpc) is 3.30. The lowest BCUT2D eigenvalue weighted by Gasteiger charge is -2.16. The summed E-state index contributed by atoms with van der Waals surface area (Å²) in [7, 11) is -13.3. The first-order valence-electron chi connectivity index (χ1n) is 21.8. The van der Waals surface area contributed by atoms with Crippen molar-refractivity contribution in [3.63, 3.8) is 0 Å². The first-order chi connectivity index (χ1) is 34.9. The molecular formula is C42H45F9N6O15S3. The van der Waals surface area contributed by atoms with Crippen molar-refractivity contribution in [3.05, 3.63) is 121 Å². The van der Waals surface area contributed by atoms with Gasteiger partial charge >= 0.3 is 66.0 Å². The lowest BCUT2D eigenvalue weighted by molar-refractivity contribution is -0.0606. The van der Waals surface area contributed by atoms with Crippen molar-refractivity contribution in [2.24, 2.45) is 15.5 Å². The Morgan fingerprint density at radius 3 is 0.813 bits per heavy atom. The van der Waals surface area contributed by atoms with Gasteiger partial charge < -0.3 is 14.2 Å². The molecule has 1 aromatic heterocycles. The normalized spacial score (nSPS) is 13.4. The number of benzene rings is 3. The van der Waals surface area contributed by atoms with Crippen LogP contribution in [0.5, 0.6) is 17.2 Å². The summed E-state index contributed by atoms with van der Waals surface area (Å²) in [6.45, 7) is 0.738. The SMILES string of the molecule is CCCS(=O)(=O)ON=C(c1ccc(OCCn2c(=O)n(CCOc3ccc(C(=NOS(=O)(=O)CCC)C(F)(F)F)cc3)c(=O)n(CCOc3ccc(C(=NOS(=O)(=O)CCC)C(F)(F)F)cc3)c2=O)cc1)C(F)(F)F. The van der Waals surface area contributed by atoms with E-state index in [-0.39, 0.29) is 36.5 Å². The molecule has 0 spiro atoms. The Bertz CT molecular complexity index is 2840. The van der Waals surface area contributed by atoms with E-state index < -0.39 is 156 Å². The highest BCUT2D eigenvalue weighted by molar-refractivity contribution is 7.87. The second-order valence-corrected chi connectivity index (χ2v) is 20.3. The second kappa shape index (κ2) is 25.6. The Balaban J connectivity index is 1.60. The van der Waals surface area contributed by atoms with Crippen LogP contribution < -0.4 is 31.3 Å². The maximum Gasteiger partial charge on any atom is 0.437 e. The molecule has 0 aliphatic rings. The summed E-state index contributed by atoms with van der Waals surface area (Å²) in [6, 6.07) is 11.2. The van der Waals surface area contributed by atoms with E-state index in [0.29, 0.717) is 13.7 Å². The molecule has 3 aromatic carbocycles. The fraction of sp³-hybridized carbons (Fsp3) is 0.429. The molecule has 0 aliphatic heterocycles. The maximum atomic E-state index is 13.8. The van der Waals surface area contributed by atoms with Crippen LogP contribution in [0.15, 0.2) is 103 Å². The van der Waals surface area contributed by atoms with Gasteiger partial charge in [0.15, 0.2) is 17.1 Å². The number of ether oxygens (including phenoxy) is 3. The topological polar surface area (TPSA) is 261 Å². The summed E-state index contributed by atoms with van der Waals surface area (Å²) in [5.74, 6) is -2.24. The minimum Gasteiger partial charge on any atom is -0.492 e. The monoisotopic (exact) mass is 1140 g/mol. The molecule has 0 saturated carbocycles. The van der Waals surface area contributed by atoms with Gasteiger partial charge in [-0.15, -0.1) is 0 Å². The molecule has 0 aliphatic carbocycles. The van der Waals surface area contributed by atoms with Crippen molar-refractivity contribution in [1.29, 1.82) is 0 Å². The number of alkyl halides is 9. The van der Waals surface area contributed by atoms with Crippen LogP contribution >= 0.6 is 0 Å². The van der Waals surface area contributed by atoms with Crippen LogP contribution in [0.4, 0.5) is 39.5 Å². The van der Waals surface area contributed by atoms with Gasteiger partial charge in [-0.1, -0.05) is 36.2 Å². The van der Waals surface area contributed by atoms with E-state index in [1.165, 1.54) is 20.8 Å². The predicted octanol–water partition coefficient (Wildman–Crippen LogP) is 5.48. The molecule has 75 heavy (non-hydrogen) atoms. The van der Waals surface area contributed by atoms with Crippen molar-refractivity contribution in [3.8, 4) is 17.2 Å². The van der Waals surface area contributed by atoms with Crippen LogP contribution in [0.3, 0.4) is 0 Å². The zero-order chi connectivity index (χ0) is 56.0. The van der Waals surface area contributed by atoms with Crippen molar-refractivity contribution in [1.82, 2.24) is 13.7 Å². The average molecular weight is 1140 g/mol. The second-order valence-electron chi connectivity index (χ2n) is 15.2. The molecule has 21 nitrogen and oxygen atoms in total. The van der Waals surface area contributed by atoms with Gasteiger partial charge in [0.2, 0.25) is 0 Å². The van der Waals surface area contributed by atoms with E-state index in [4.69, 9.17) is 14.2 Å². The van der Waals surface area contributed by atoms with Gasteiger partial charge in [-0.3, -0.25) is 12.9 Å². The van der Waals surface area contributed by atoms with Crippen LogP contribution in [-0.4, -0.2) is 112 Å². The molecule has 33 heteroatoms. The molecule has 0 atom stereocenters. The number of oxime groups is 3. The van der Waals surface area contributed by atoms with Crippen LogP contribution in [-0.2, 0) is 62.8 Å². The molecule has 0 bridgehead atoms. The number of halogens is 9. The number of hydrogen-bond acceptors (Lipinski definition) is 18. The molecule has 414 valence electrons. The molecule has 0 fully saturated rings. The van der Waals surface area contributed by atoms with E-state index in [1.807, 2.05) is 0 Å². The van der Waals surface area contributed by atoms with Crippen molar-refractivity contribution in [2.45, 2.75) is 78.2 Å². The lowest BCUT2D eigenvalue weighted by Crippen LogP contribution is -2.55. The fourth-order valence-corrected chi connectivity index (χ4v) is 8.38. The summed E-state index contributed by atoms with van der Waals surface area (Å²) >= 11 is 0. The third-order valence-electron chi connectivity index (χ3n) is 9.41. The van der Waals surface area contributed by atoms with Gasteiger partial charge in [0.25, 0.3) is 0 Å². The molecule has 0 N–H and O–H groups in total. The van der Waals surface area contributed by atoms with Gasteiger partial charge in [-0.25, -0.2) is 28.1 Å². The molecule has 0 radical (unpaired) electrons. The van der Waals surface area contributed by atoms with Gasteiger partial charge in [-0.05, 0) is 92.1 Å². The number of hydrogen-bond donors (Lipinski definition) is 0. The standard InChI is InChI=1S/C42H45F9N6O15S3/c1-4-25-73(61,62)70-52-34(40(43,44)45)28-7-13-31(14-8-28)67-22-19-55-37(58)56(20-23-68-32-15-9-29(10-16-32)35(41(46,47)48)53-71-74(63,64)26-5-2)39(60)57(38(55)59)21-24-69-33-17-11-30(12-18-33)36(42(49,50)51)54-72-75(65,66)27-6-3/h7-18H,4-6,19-27H2,1-3H3. The third-order valence-corrected chi connectivity index (χ3v) is 13.0. The molecule has 0 saturated heterocycles. The maximum absolute atomic E-state index is 13.8. The van der Waals surface area contributed by atoms with E-state index in [9.17, 15) is 79.2 Å². The molecule has 4 aromatic rings. The first-order valence-corrected chi connectivity index (χ1v) is 26.5. The van der Waals surface area contributed by atoms with Crippen molar-refractivity contribution in [2.75, 3.05) is 37.1 Å². The van der Waals surface area contributed by atoms with Gasteiger partial charge in [-0.2, -0.15) is 64.8 Å². The number of nitrogens with zero attached hydrogens (tertiary/aromatic N) is 6. The molecule has 4 rings (SSSR count). The first kappa shape index (κ1) is 60.7. The van der Waals surface area contributed by atoms with Crippen molar-refractivity contribution < 1.29 is 91.8 Å². The fourth-order valence-electron chi connectivity index (χ4n) is 6.10. The molecule has 0 unspecified atom stereocenters. The Morgan fingerprint density at radius 2 is 0.627 bits per heavy atom. The molecular weight excluding hydrogens is 1100 g/mol. The van der Waals surface area contributed by atoms with Crippen LogP contribution in [0.25, 0.3) is 0 Å². The van der Waals surface area contributed by atoms with Crippen LogP contribution in [0.2, 0.25) is 0 Å². The highest BCUT2D eigenvalue weighted by Crippen LogP contribution is 2.28. The lowest BCUT2D eigenvalue weighted by atomic mass is 10.1. The Morgan fingerprint density at radius 1 is 0.413 bits per heavy atom. The Labute approximate surface area is 420 Å². The highest BCUT2D eigenvalue weighted by Gasteiger charge is 2.40. The predicted molar refractivity (Wildman–Crippen MR) is 248 cm³/mol. The zero-order valence-corrected chi connectivity index (χ0v) is 41.8. The van der Waals surface area contributed by atoms with Gasteiger partial charge in [0, 0.05) is 16.7 Å². The summed E-state index contributed by atoms with van der Waals surface area (Å²) in [4.78, 5) is 41.1. The van der Waals surface area contributed by atoms with E-state index in [2.05, 4.69) is 28.3 Å². The van der Waals surface area contributed by atoms with Crippen molar-refractivity contribution >= 4 is 47.5 Å². The van der Waals surface area contributed by atoms with Gasteiger partial charge in [0.1, 0.15) is 37.1 Å². The zero-order valence-electron chi connectivity index (χ0n) is 39.3. The molecule has 1 heterocycles.